The third-order valence-corrected chi connectivity index (χ3v) is 2.87. The van der Waals surface area contributed by atoms with Crippen molar-refractivity contribution in [3.8, 4) is 0 Å². The second-order valence-corrected chi connectivity index (χ2v) is 4.50. The van der Waals surface area contributed by atoms with Crippen LogP contribution in [0, 0.1) is 0 Å². The van der Waals surface area contributed by atoms with Crippen LogP contribution in [0.5, 0.6) is 0 Å². The SMILES string of the molecule is CC(NC(=O)Nc1ccc(C(=O)O)c(Cl)c1)c1nn[nH]n1. The molecule has 21 heavy (non-hydrogen) atoms. The van der Waals surface area contributed by atoms with Crippen molar-refractivity contribution in [2.24, 2.45) is 0 Å². The van der Waals surface area contributed by atoms with Crippen molar-refractivity contribution in [2.45, 2.75) is 13.0 Å². The summed E-state index contributed by atoms with van der Waals surface area (Å²) < 4.78 is 0. The fourth-order valence-corrected chi connectivity index (χ4v) is 1.81. The van der Waals surface area contributed by atoms with Gasteiger partial charge in [0.15, 0.2) is 5.82 Å². The zero-order chi connectivity index (χ0) is 15.4. The van der Waals surface area contributed by atoms with Crippen LogP contribution in [0.25, 0.3) is 0 Å². The largest absolute Gasteiger partial charge is 0.478 e. The number of rotatable bonds is 4. The number of nitrogens with zero attached hydrogens (tertiary/aromatic N) is 3. The second-order valence-electron chi connectivity index (χ2n) is 4.09. The number of anilines is 1. The molecule has 0 aliphatic rings. The summed E-state index contributed by atoms with van der Waals surface area (Å²) in [6, 6.07) is 3.14. The van der Waals surface area contributed by atoms with Crippen molar-refractivity contribution in [1.29, 1.82) is 0 Å². The number of H-pyrrole nitrogens is 1. The number of aromatic nitrogens is 4. The summed E-state index contributed by atoms with van der Waals surface area (Å²) in [6.45, 7) is 1.69. The minimum atomic E-state index is -1.14. The van der Waals surface area contributed by atoms with Crippen molar-refractivity contribution in [1.82, 2.24) is 25.9 Å². The van der Waals surface area contributed by atoms with Crippen LogP contribution in [-0.4, -0.2) is 37.7 Å². The number of halogens is 1. The molecule has 110 valence electrons. The highest BCUT2D eigenvalue weighted by Gasteiger charge is 2.14. The molecule has 1 atom stereocenters. The lowest BCUT2D eigenvalue weighted by atomic mass is 10.2. The number of carboxylic acids is 1. The number of amides is 2. The van der Waals surface area contributed by atoms with Gasteiger partial charge in [0.05, 0.1) is 16.6 Å². The van der Waals surface area contributed by atoms with Gasteiger partial charge >= 0.3 is 12.0 Å². The molecular weight excluding hydrogens is 300 g/mol. The Kier molecular flexibility index (Phi) is 4.33. The summed E-state index contributed by atoms with van der Waals surface area (Å²) in [5, 5.41) is 27.2. The van der Waals surface area contributed by atoms with Crippen molar-refractivity contribution in [3.63, 3.8) is 0 Å². The first-order chi connectivity index (χ1) is 9.97. The zero-order valence-corrected chi connectivity index (χ0v) is 11.5. The maximum absolute atomic E-state index is 11.8. The highest BCUT2D eigenvalue weighted by atomic mass is 35.5. The van der Waals surface area contributed by atoms with Gasteiger partial charge in [-0.05, 0) is 25.1 Å². The number of nitrogens with one attached hydrogen (secondary N) is 3. The van der Waals surface area contributed by atoms with Crippen LogP contribution < -0.4 is 10.6 Å². The molecule has 0 bridgehead atoms. The van der Waals surface area contributed by atoms with Crippen LogP contribution in [0.4, 0.5) is 10.5 Å². The van der Waals surface area contributed by atoms with Crippen molar-refractivity contribution in [3.05, 3.63) is 34.6 Å². The molecule has 2 aromatic rings. The summed E-state index contributed by atoms with van der Waals surface area (Å²) >= 11 is 5.81. The van der Waals surface area contributed by atoms with Crippen molar-refractivity contribution in [2.75, 3.05) is 5.32 Å². The molecule has 10 heteroatoms. The highest BCUT2D eigenvalue weighted by Crippen LogP contribution is 2.21. The molecule has 2 amide bonds. The number of carboxylic acid groups (broad SMARTS) is 1. The summed E-state index contributed by atoms with van der Waals surface area (Å²) in [4.78, 5) is 22.6. The Hall–Kier alpha value is -2.68. The van der Waals surface area contributed by atoms with E-state index in [0.717, 1.165) is 0 Å². The normalized spacial score (nSPS) is 11.7. The van der Waals surface area contributed by atoms with E-state index in [2.05, 4.69) is 31.3 Å². The van der Waals surface area contributed by atoms with Gasteiger partial charge < -0.3 is 15.7 Å². The molecule has 0 aliphatic carbocycles. The first-order valence-corrected chi connectivity index (χ1v) is 6.19. The Bertz CT molecular complexity index is 660. The molecule has 0 spiro atoms. The number of hydrogen-bond donors (Lipinski definition) is 4. The molecule has 1 unspecified atom stereocenters. The standard InChI is InChI=1S/C11H11ClN6O3/c1-5(9-15-17-18-16-9)13-11(21)14-6-2-3-7(10(19)20)8(12)4-6/h2-5H,1H3,(H,19,20)(H2,13,14,21)(H,15,16,17,18). The number of carbonyl (C=O) groups excluding carboxylic acids is 1. The van der Waals surface area contributed by atoms with Crippen LogP contribution in [0.3, 0.4) is 0 Å². The summed E-state index contributed by atoms with van der Waals surface area (Å²) in [7, 11) is 0. The van der Waals surface area contributed by atoms with Crippen LogP contribution in [0.2, 0.25) is 5.02 Å². The molecule has 0 saturated heterocycles. The molecule has 1 aromatic carbocycles. The molecule has 2 rings (SSSR count). The van der Waals surface area contributed by atoms with Gasteiger partial charge in [0.1, 0.15) is 0 Å². The van der Waals surface area contributed by atoms with Gasteiger partial charge in [0.25, 0.3) is 0 Å². The van der Waals surface area contributed by atoms with Gasteiger partial charge in [0, 0.05) is 5.69 Å². The maximum Gasteiger partial charge on any atom is 0.337 e. The van der Waals surface area contributed by atoms with Gasteiger partial charge in [0.2, 0.25) is 0 Å². The van der Waals surface area contributed by atoms with Crippen molar-refractivity contribution >= 4 is 29.3 Å². The second kappa shape index (κ2) is 6.18. The molecule has 0 radical (unpaired) electrons. The average molecular weight is 311 g/mol. The van der Waals surface area contributed by atoms with Crippen LogP contribution in [0.15, 0.2) is 18.2 Å². The highest BCUT2D eigenvalue weighted by molar-refractivity contribution is 6.33. The molecule has 0 saturated carbocycles. The number of hydrogen-bond acceptors (Lipinski definition) is 5. The molecule has 1 heterocycles. The Morgan fingerprint density at radius 2 is 2.19 bits per heavy atom. The van der Waals surface area contributed by atoms with Gasteiger partial charge in [-0.2, -0.15) is 5.21 Å². The first kappa shape index (κ1) is 14.7. The number of benzene rings is 1. The third kappa shape index (κ3) is 3.66. The molecule has 1 aromatic heterocycles. The lowest BCUT2D eigenvalue weighted by Gasteiger charge is -2.11. The van der Waals surface area contributed by atoms with Gasteiger partial charge in [-0.3, -0.25) is 0 Å². The lowest BCUT2D eigenvalue weighted by Crippen LogP contribution is -2.31. The van der Waals surface area contributed by atoms with E-state index < -0.39 is 18.0 Å². The van der Waals surface area contributed by atoms with E-state index >= 15 is 0 Å². The lowest BCUT2D eigenvalue weighted by molar-refractivity contribution is 0.0697. The zero-order valence-electron chi connectivity index (χ0n) is 10.8. The fourth-order valence-electron chi connectivity index (χ4n) is 1.55. The first-order valence-electron chi connectivity index (χ1n) is 5.81. The Labute approximate surface area is 123 Å². The topological polar surface area (TPSA) is 133 Å². The maximum atomic E-state index is 11.8. The minimum absolute atomic E-state index is 0.0338. The monoisotopic (exact) mass is 310 g/mol. The summed E-state index contributed by atoms with van der Waals surface area (Å²) in [6.07, 6.45) is 0. The van der Waals surface area contributed by atoms with Crippen LogP contribution in [-0.2, 0) is 0 Å². The van der Waals surface area contributed by atoms with Gasteiger partial charge in [-0.25, -0.2) is 9.59 Å². The Morgan fingerprint density at radius 3 is 2.76 bits per heavy atom. The third-order valence-electron chi connectivity index (χ3n) is 2.55. The minimum Gasteiger partial charge on any atom is -0.478 e. The van der Waals surface area contributed by atoms with E-state index in [9.17, 15) is 9.59 Å². The fraction of sp³-hybridized carbons (Fsp3) is 0.182. The van der Waals surface area contributed by atoms with E-state index in [-0.39, 0.29) is 10.6 Å². The summed E-state index contributed by atoms with van der Waals surface area (Å²) in [5.41, 5.74) is 0.325. The number of aromatic carboxylic acids is 1. The number of aromatic amines is 1. The smallest absolute Gasteiger partial charge is 0.337 e. The number of carbonyl (C=O) groups is 2. The number of tetrazole rings is 1. The molecule has 0 fully saturated rings. The number of urea groups is 1. The van der Waals surface area contributed by atoms with E-state index in [1.54, 1.807) is 6.92 Å². The predicted molar refractivity (Wildman–Crippen MR) is 73.2 cm³/mol. The van der Waals surface area contributed by atoms with Crippen LogP contribution >= 0.6 is 11.6 Å². The molecule has 9 nitrogen and oxygen atoms in total. The molecule has 4 N–H and O–H groups in total. The van der Waals surface area contributed by atoms with E-state index in [0.29, 0.717) is 11.5 Å². The Balaban J connectivity index is 2.00. The average Bonchev–Trinajstić information content (AvgIpc) is 2.91. The molecular formula is C11H11ClN6O3. The van der Waals surface area contributed by atoms with E-state index in [1.807, 2.05) is 0 Å². The Morgan fingerprint density at radius 1 is 1.43 bits per heavy atom. The van der Waals surface area contributed by atoms with Crippen LogP contribution in [0.1, 0.15) is 29.1 Å². The summed E-state index contributed by atoms with van der Waals surface area (Å²) in [5.74, 6) is -0.800. The quantitative estimate of drug-likeness (QED) is 0.675. The van der Waals surface area contributed by atoms with Gasteiger partial charge in [-0.1, -0.05) is 16.8 Å². The van der Waals surface area contributed by atoms with Crippen molar-refractivity contribution < 1.29 is 14.7 Å². The van der Waals surface area contributed by atoms with E-state index in [1.165, 1.54) is 18.2 Å². The predicted octanol–water partition coefficient (Wildman–Crippen LogP) is 1.43. The van der Waals surface area contributed by atoms with E-state index in [4.69, 9.17) is 16.7 Å². The molecule has 0 aliphatic heterocycles. The van der Waals surface area contributed by atoms with Gasteiger partial charge in [-0.15, -0.1) is 10.2 Å².